The van der Waals surface area contributed by atoms with Crippen molar-refractivity contribution < 1.29 is 23.1 Å². The third kappa shape index (κ3) is 3.31. The minimum Gasteiger partial charge on any atom is -0.478 e. The first kappa shape index (κ1) is 15.7. The molecule has 1 aromatic carbocycles. The minimum absolute atomic E-state index is 0.00512. The van der Waals surface area contributed by atoms with E-state index in [0.29, 0.717) is 12.5 Å². The summed E-state index contributed by atoms with van der Waals surface area (Å²) in [4.78, 5) is 12.6. The van der Waals surface area contributed by atoms with E-state index in [-0.39, 0.29) is 17.3 Å². The van der Waals surface area contributed by atoms with E-state index in [2.05, 4.69) is 6.92 Å². The van der Waals surface area contributed by atoms with Crippen molar-refractivity contribution in [1.82, 2.24) is 0 Å². The molecule has 1 aromatic rings. The molecule has 1 aliphatic heterocycles. The molecule has 0 aliphatic carbocycles. The Kier molecular flexibility index (Phi) is 4.16. The average Bonchev–Trinajstić information content (AvgIpc) is 2.37. The number of alkyl halides is 3. The molecule has 1 fully saturated rings. The predicted molar refractivity (Wildman–Crippen MR) is 73.6 cm³/mol. The number of halogens is 3. The maximum absolute atomic E-state index is 13.2. The van der Waals surface area contributed by atoms with Crippen molar-refractivity contribution in [2.24, 2.45) is 5.92 Å². The first-order chi connectivity index (χ1) is 9.70. The van der Waals surface area contributed by atoms with Gasteiger partial charge in [0.25, 0.3) is 0 Å². The highest BCUT2D eigenvalue weighted by Gasteiger charge is 2.37. The van der Waals surface area contributed by atoms with Crippen LogP contribution in [-0.4, -0.2) is 23.7 Å². The zero-order chi connectivity index (χ0) is 15.8. The van der Waals surface area contributed by atoms with E-state index >= 15 is 0 Å². The van der Waals surface area contributed by atoms with E-state index in [0.717, 1.165) is 18.9 Å². The highest BCUT2D eigenvalue weighted by atomic mass is 19.4. The fraction of sp³-hybridized carbons (Fsp3) is 0.533. The van der Waals surface area contributed by atoms with Gasteiger partial charge in [-0.05, 0) is 43.9 Å². The van der Waals surface area contributed by atoms with Crippen molar-refractivity contribution in [2.75, 3.05) is 11.4 Å². The van der Waals surface area contributed by atoms with Gasteiger partial charge in [-0.25, -0.2) is 4.79 Å². The molecule has 0 bridgehead atoms. The number of nitrogens with zero attached hydrogens (tertiary/aromatic N) is 1. The molecule has 0 aromatic heterocycles. The first-order valence-corrected chi connectivity index (χ1v) is 6.91. The van der Waals surface area contributed by atoms with Crippen LogP contribution in [-0.2, 0) is 6.18 Å². The molecule has 3 nitrogen and oxygen atoms in total. The molecule has 0 radical (unpaired) electrons. The molecular formula is C15H18F3NO2. The third-order valence-corrected chi connectivity index (χ3v) is 4.00. The average molecular weight is 301 g/mol. The van der Waals surface area contributed by atoms with Gasteiger partial charge in [0.05, 0.1) is 11.1 Å². The number of carboxylic acids is 1. The number of piperidine rings is 1. The summed E-state index contributed by atoms with van der Waals surface area (Å²) in [5, 5.41) is 8.88. The molecule has 1 N–H and O–H groups in total. The standard InChI is InChI=1S/C15H18F3NO2/c1-9-5-6-19(10(2)7-9)13-4-3-11(14(20)21)8-12(13)15(16,17)18/h3-4,8-10H,5-7H2,1-2H3,(H,20,21). The van der Waals surface area contributed by atoms with Gasteiger partial charge in [-0.1, -0.05) is 6.92 Å². The van der Waals surface area contributed by atoms with Crippen molar-refractivity contribution in [3.8, 4) is 0 Å². The Balaban J connectivity index is 2.45. The summed E-state index contributed by atoms with van der Waals surface area (Å²) >= 11 is 0. The molecule has 2 atom stereocenters. The van der Waals surface area contributed by atoms with Crippen LogP contribution in [0.2, 0.25) is 0 Å². The highest BCUT2D eigenvalue weighted by Crippen LogP contribution is 2.39. The van der Waals surface area contributed by atoms with Crippen molar-refractivity contribution in [3.63, 3.8) is 0 Å². The lowest BCUT2D eigenvalue weighted by atomic mass is 9.92. The van der Waals surface area contributed by atoms with Crippen LogP contribution < -0.4 is 4.90 Å². The summed E-state index contributed by atoms with van der Waals surface area (Å²) < 4.78 is 39.7. The number of anilines is 1. The molecule has 0 spiro atoms. The molecule has 1 heterocycles. The Bertz CT molecular complexity index is 542. The maximum atomic E-state index is 13.2. The van der Waals surface area contributed by atoms with Crippen LogP contribution >= 0.6 is 0 Å². The van der Waals surface area contributed by atoms with Crippen LogP contribution in [0, 0.1) is 5.92 Å². The zero-order valence-electron chi connectivity index (χ0n) is 11.9. The van der Waals surface area contributed by atoms with Gasteiger partial charge < -0.3 is 10.0 Å². The highest BCUT2D eigenvalue weighted by molar-refractivity contribution is 5.88. The van der Waals surface area contributed by atoms with E-state index < -0.39 is 17.7 Å². The molecule has 0 saturated carbocycles. The number of aromatic carboxylic acids is 1. The largest absolute Gasteiger partial charge is 0.478 e. The molecule has 1 saturated heterocycles. The molecule has 0 amide bonds. The van der Waals surface area contributed by atoms with Crippen LogP contribution in [0.4, 0.5) is 18.9 Å². The number of carbonyl (C=O) groups is 1. The Morgan fingerprint density at radius 1 is 1.33 bits per heavy atom. The van der Waals surface area contributed by atoms with Crippen molar-refractivity contribution >= 4 is 11.7 Å². The molecule has 116 valence electrons. The van der Waals surface area contributed by atoms with Crippen LogP contribution in [0.3, 0.4) is 0 Å². The molecule has 2 rings (SSSR count). The van der Waals surface area contributed by atoms with Gasteiger partial charge in [0.15, 0.2) is 0 Å². The normalized spacial score (nSPS) is 23.2. The number of rotatable bonds is 2. The predicted octanol–water partition coefficient (Wildman–Crippen LogP) is 4.03. The van der Waals surface area contributed by atoms with Gasteiger partial charge in [-0.3, -0.25) is 0 Å². The Labute approximate surface area is 121 Å². The lowest BCUT2D eigenvalue weighted by Crippen LogP contribution is -2.41. The second-order valence-electron chi connectivity index (χ2n) is 5.71. The molecule has 21 heavy (non-hydrogen) atoms. The molecule has 6 heteroatoms. The van der Waals surface area contributed by atoms with E-state index in [1.54, 1.807) is 4.90 Å². The topological polar surface area (TPSA) is 40.5 Å². The minimum atomic E-state index is -4.57. The number of hydrogen-bond acceptors (Lipinski definition) is 2. The third-order valence-electron chi connectivity index (χ3n) is 4.00. The van der Waals surface area contributed by atoms with Gasteiger partial charge in [0, 0.05) is 18.3 Å². The van der Waals surface area contributed by atoms with Gasteiger partial charge in [-0.15, -0.1) is 0 Å². The number of benzene rings is 1. The fourth-order valence-electron chi connectivity index (χ4n) is 2.91. The molecule has 1 aliphatic rings. The summed E-state index contributed by atoms with van der Waals surface area (Å²) in [5.41, 5.74) is -1.14. The summed E-state index contributed by atoms with van der Waals surface area (Å²) in [7, 11) is 0. The van der Waals surface area contributed by atoms with Crippen molar-refractivity contribution in [2.45, 2.75) is 38.9 Å². The smallest absolute Gasteiger partial charge is 0.418 e. The van der Waals surface area contributed by atoms with E-state index in [9.17, 15) is 18.0 Å². The Hall–Kier alpha value is -1.72. The second-order valence-corrected chi connectivity index (χ2v) is 5.71. The Morgan fingerprint density at radius 2 is 2.00 bits per heavy atom. The lowest BCUT2D eigenvalue weighted by molar-refractivity contribution is -0.137. The molecular weight excluding hydrogens is 283 g/mol. The van der Waals surface area contributed by atoms with Crippen LogP contribution in [0.5, 0.6) is 0 Å². The van der Waals surface area contributed by atoms with Gasteiger partial charge in [-0.2, -0.15) is 13.2 Å². The summed E-state index contributed by atoms with van der Waals surface area (Å²) in [6.45, 7) is 4.55. The van der Waals surface area contributed by atoms with Gasteiger partial charge in [0.1, 0.15) is 0 Å². The van der Waals surface area contributed by atoms with Crippen molar-refractivity contribution in [3.05, 3.63) is 29.3 Å². The Morgan fingerprint density at radius 3 is 2.52 bits per heavy atom. The van der Waals surface area contributed by atoms with Gasteiger partial charge in [0.2, 0.25) is 0 Å². The van der Waals surface area contributed by atoms with Crippen LogP contribution in [0.25, 0.3) is 0 Å². The fourth-order valence-corrected chi connectivity index (χ4v) is 2.91. The van der Waals surface area contributed by atoms with E-state index in [1.165, 1.54) is 12.1 Å². The SMILES string of the molecule is CC1CCN(c2ccc(C(=O)O)cc2C(F)(F)F)C(C)C1. The molecule has 2 unspecified atom stereocenters. The summed E-state index contributed by atoms with van der Waals surface area (Å²) in [6, 6.07) is 3.24. The maximum Gasteiger partial charge on any atom is 0.418 e. The van der Waals surface area contributed by atoms with Crippen LogP contribution in [0.1, 0.15) is 42.6 Å². The van der Waals surface area contributed by atoms with E-state index in [1.807, 2.05) is 6.92 Å². The zero-order valence-corrected chi connectivity index (χ0v) is 11.9. The number of carboxylic acid groups (broad SMARTS) is 1. The summed E-state index contributed by atoms with van der Waals surface area (Å²) in [6.07, 6.45) is -2.90. The van der Waals surface area contributed by atoms with Gasteiger partial charge >= 0.3 is 12.1 Å². The van der Waals surface area contributed by atoms with Crippen LogP contribution in [0.15, 0.2) is 18.2 Å². The van der Waals surface area contributed by atoms with Crippen molar-refractivity contribution in [1.29, 1.82) is 0 Å². The second kappa shape index (κ2) is 5.58. The summed E-state index contributed by atoms with van der Waals surface area (Å²) in [5.74, 6) is -0.865. The monoisotopic (exact) mass is 301 g/mol. The quantitative estimate of drug-likeness (QED) is 0.896. The number of hydrogen-bond donors (Lipinski definition) is 1. The lowest BCUT2D eigenvalue weighted by Gasteiger charge is -2.39. The van der Waals surface area contributed by atoms with E-state index in [4.69, 9.17) is 5.11 Å². The first-order valence-electron chi connectivity index (χ1n) is 6.91.